The fraction of sp³-hybridized carbons (Fsp3) is 0.714. The summed E-state index contributed by atoms with van der Waals surface area (Å²) in [6.45, 7) is 5.55. The molecule has 0 bridgehead atoms. The van der Waals surface area contributed by atoms with Gasteiger partial charge in [-0.3, -0.25) is 52.7 Å². The maximum Gasteiger partial charge on any atom is 0.326 e. The van der Waals surface area contributed by atoms with Gasteiger partial charge in [-0.1, -0.05) is 13.8 Å². The number of likely N-dealkylation sites (tertiary alicyclic amines) is 1. The summed E-state index contributed by atoms with van der Waals surface area (Å²) >= 11 is 0. The van der Waals surface area contributed by atoms with Crippen LogP contribution < -0.4 is 59.3 Å². The molecule has 69 heavy (non-hydrogen) atoms. The van der Waals surface area contributed by atoms with Crippen molar-refractivity contribution in [1.29, 1.82) is 0 Å². The molecule has 2 saturated heterocycles. The van der Waals surface area contributed by atoms with E-state index in [0.717, 1.165) is 0 Å². The van der Waals surface area contributed by atoms with Gasteiger partial charge in [-0.2, -0.15) is 0 Å². The number of aliphatic hydroxyl groups excluding tert-OH is 1. The Balaban J connectivity index is 2.04. The number of carbonyl (C=O) groups excluding carboxylic acids is 10. The van der Waals surface area contributed by atoms with Crippen LogP contribution in [0, 0.1) is 5.92 Å². The van der Waals surface area contributed by atoms with Gasteiger partial charge >= 0.3 is 11.9 Å². The molecule has 9 atom stereocenters. The lowest BCUT2D eigenvalue weighted by atomic mass is 10.00. The number of nitrogens with two attached hydrogens (primary N) is 2. The Kier molecular flexibility index (Phi) is 25.0. The molecule has 0 aromatic carbocycles. The van der Waals surface area contributed by atoms with Gasteiger partial charge in [0.25, 0.3) is 0 Å². The van der Waals surface area contributed by atoms with Gasteiger partial charge in [0.15, 0.2) is 0 Å². The molecule has 0 aliphatic carbocycles. The minimum atomic E-state index is -1.84. The number of unbranched alkanes of at least 4 members (excludes halogenated alkanes) is 1. The number of rotatable bonds is 29. The van der Waals surface area contributed by atoms with Crippen LogP contribution in [0.1, 0.15) is 98.3 Å². The maximum absolute atomic E-state index is 13.5. The molecular weight excluding hydrogens is 913 g/mol. The van der Waals surface area contributed by atoms with E-state index in [4.69, 9.17) is 11.5 Å². The molecule has 2 heterocycles. The number of primary amides is 1. The predicted octanol–water partition coefficient (Wildman–Crippen LogP) is -5.73. The molecule has 0 aromatic heterocycles. The van der Waals surface area contributed by atoms with E-state index >= 15 is 0 Å². The van der Waals surface area contributed by atoms with E-state index in [-0.39, 0.29) is 51.1 Å². The summed E-state index contributed by atoms with van der Waals surface area (Å²) in [5.74, 6) is -11.4. The Bertz CT molecular complexity index is 1870. The number of aliphatic carboxylic acids is 2. The first kappa shape index (κ1) is 58.6. The number of nitrogens with one attached hydrogen (secondary N) is 9. The van der Waals surface area contributed by atoms with Crippen LogP contribution in [0.5, 0.6) is 0 Å². The lowest BCUT2D eigenvalue weighted by Gasteiger charge is -2.35. The van der Waals surface area contributed by atoms with Gasteiger partial charge in [0.05, 0.1) is 31.7 Å². The predicted molar refractivity (Wildman–Crippen MR) is 241 cm³/mol. The van der Waals surface area contributed by atoms with Crippen LogP contribution in [0.4, 0.5) is 0 Å². The van der Waals surface area contributed by atoms with Gasteiger partial charge < -0.3 is 79.5 Å². The van der Waals surface area contributed by atoms with Crippen LogP contribution >= 0.6 is 0 Å². The smallest absolute Gasteiger partial charge is 0.326 e. The van der Waals surface area contributed by atoms with Gasteiger partial charge in [0, 0.05) is 19.5 Å². The first-order chi connectivity index (χ1) is 32.4. The third-order valence-electron chi connectivity index (χ3n) is 11.1. The highest BCUT2D eigenvalue weighted by atomic mass is 16.4. The summed E-state index contributed by atoms with van der Waals surface area (Å²) in [6, 6.07) is -10.3. The van der Waals surface area contributed by atoms with E-state index in [1.807, 2.05) is 0 Å². The van der Waals surface area contributed by atoms with Gasteiger partial charge in [-0.15, -0.1) is 0 Å². The highest BCUT2D eigenvalue weighted by molar-refractivity contribution is 5.98. The number of hydrogen-bond acceptors (Lipinski definition) is 15. The van der Waals surface area contributed by atoms with Crippen molar-refractivity contribution in [2.75, 3.05) is 32.7 Å². The molecule has 27 heteroatoms. The zero-order chi connectivity index (χ0) is 52.0. The van der Waals surface area contributed by atoms with Gasteiger partial charge in [-0.25, -0.2) is 4.79 Å². The number of aliphatic hydroxyl groups is 1. The number of nitrogens with zero attached hydrogens (tertiary/aromatic N) is 1. The molecule has 388 valence electrons. The van der Waals surface area contributed by atoms with Crippen molar-refractivity contribution in [3.05, 3.63) is 0 Å². The minimum absolute atomic E-state index is 0.0413. The molecule has 16 N–H and O–H groups in total. The molecule has 0 spiro atoms. The molecule has 0 unspecified atom stereocenters. The van der Waals surface area contributed by atoms with Crippen molar-refractivity contribution < 1.29 is 72.9 Å². The van der Waals surface area contributed by atoms with E-state index < -0.39 is 151 Å². The molecule has 2 aliphatic heterocycles. The topological polar surface area (TPSA) is 429 Å². The van der Waals surface area contributed by atoms with Crippen LogP contribution in [-0.4, -0.2) is 178 Å². The van der Waals surface area contributed by atoms with Crippen molar-refractivity contribution in [3.63, 3.8) is 0 Å². The Morgan fingerprint density at radius 3 is 1.88 bits per heavy atom. The van der Waals surface area contributed by atoms with E-state index in [2.05, 4.69) is 47.9 Å². The molecule has 2 fully saturated rings. The third kappa shape index (κ3) is 21.1. The van der Waals surface area contributed by atoms with Crippen molar-refractivity contribution in [3.8, 4) is 0 Å². The van der Waals surface area contributed by atoms with Crippen LogP contribution in [0.25, 0.3) is 0 Å². The number of carboxylic acids is 2. The lowest BCUT2D eigenvalue weighted by Crippen LogP contribution is -2.59. The summed E-state index contributed by atoms with van der Waals surface area (Å²) in [7, 11) is 0. The zero-order valence-electron chi connectivity index (χ0n) is 39.4. The lowest BCUT2D eigenvalue weighted by molar-refractivity contribution is -0.146. The second-order valence-electron chi connectivity index (χ2n) is 17.5. The molecule has 0 aromatic rings. The molecule has 2 aliphatic rings. The Morgan fingerprint density at radius 1 is 0.681 bits per heavy atom. The second kappa shape index (κ2) is 29.4. The maximum atomic E-state index is 13.5. The Hall–Kier alpha value is -6.48. The highest BCUT2D eigenvalue weighted by Crippen LogP contribution is 2.18. The van der Waals surface area contributed by atoms with Crippen molar-refractivity contribution in [2.45, 2.75) is 153 Å². The van der Waals surface area contributed by atoms with Crippen molar-refractivity contribution >= 4 is 71.0 Å². The Morgan fingerprint density at radius 2 is 1.30 bits per heavy atom. The first-order valence-corrected chi connectivity index (χ1v) is 22.9. The molecule has 27 nitrogen and oxygen atoms in total. The van der Waals surface area contributed by atoms with Gasteiger partial charge in [-0.05, 0) is 84.1 Å². The van der Waals surface area contributed by atoms with E-state index in [1.54, 1.807) is 13.8 Å². The monoisotopic (exact) mass is 983 g/mol. The molecule has 0 saturated carbocycles. The minimum Gasteiger partial charge on any atom is -0.481 e. The third-order valence-corrected chi connectivity index (χ3v) is 11.1. The SMILES string of the molecule is CC(C)C[C@H](NC(=O)[C@H](C)NC(=O)[C@H](CC(=O)O)NC(=O)[C@H](CCC(N)=O)NC(=O)CNC(=O)[C@@H]1C[C@@H](O)CN1)C(=O)N[C@@H](C)C(=O)NCC(=O)N1CCCC[C@H]1C(=O)N[C@@H](CCCCN)C(=O)O. The summed E-state index contributed by atoms with van der Waals surface area (Å²) in [6.07, 6.45) is 0.215. The Labute approximate surface area is 398 Å². The number of carboxylic acid groups (broad SMARTS) is 2. The summed E-state index contributed by atoms with van der Waals surface area (Å²) < 4.78 is 0. The summed E-state index contributed by atoms with van der Waals surface area (Å²) in [5.41, 5.74) is 10.7. The summed E-state index contributed by atoms with van der Waals surface area (Å²) in [5, 5.41) is 50.6. The van der Waals surface area contributed by atoms with Crippen LogP contribution in [-0.2, 0) is 57.5 Å². The average Bonchev–Trinajstić information content (AvgIpc) is 3.73. The van der Waals surface area contributed by atoms with Gasteiger partial charge in [0.1, 0.15) is 42.3 Å². The van der Waals surface area contributed by atoms with Gasteiger partial charge in [0.2, 0.25) is 59.1 Å². The largest absolute Gasteiger partial charge is 0.481 e. The molecule has 0 radical (unpaired) electrons. The molecular formula is C42H70N12O15. The fourth-order valence-corrected chi connectivity index (χ4v) is 7.36. The summed E-state index contributed by atoms with van der Waals surface area (Å²) in [4.78, 5) is 154. The highest BCUT2D eigenvalue weighted by Gasteiger charge is 2.36. The van der Waals surface area contributed by atoms with Crippen LogP contribution in [0.15, 0.2) is 0 Å². The molecule has 2 rings (SSSR count). The zero-order valence-corrected chi connectivity index (χ0v) is 39.4. The van der Waals surface area contributed by atoms with Crippen LogP contribution in [0.3, 0.4) is 0 Å². The number of β-amino-alcohol motifs (C(OH)–C–C–N with tert-alkyl or cyclic N) is 1. The molecule has 10 amide bonds. The normalized spacial score (nSPS) is 19.2. The average molecular weight is 983 g/mol. The number of carbonyl (C=O) groups is 12. The number of piperidine rings is 1. The number of amides is 10. The van der Waals surface area contributed by atoms with E-state index in [1.165, 1.54) is 18.7 Å². The standard InChI is InChI=1S/C42H70N12O15/c1-21(2)15-28(39(65)48-22(3)35(61)47-20-33(58)54-14-8-6-10-30(54)41(67)51-26(42(68)69)9-5-7-13-43)52-36(62)23(4)49-40(66)29(17-34(59)60)53-38(64)25(11-12-31(44)56)50-32(57)19-46-37(63)27-16-24(55)18-45-27/h21-30,45,55H,5-20,43H2,1-4H3,(H2,44,56)(H,46,63)(H,47,61)(H,48,65)(H,49,66)(H,50,57)(H,51,67)(H,52,62)(H,53,64)(H,59,60)(H,68,69)/t22-,23-,24+,25-,26-,27-,28-,29-,30-/m0/s1. The number of hydrogen-bond donors (Lipinski definition) is 14. The van der Waals surface area contributed by atoms with E-state index in [0.29, 0.717) is 32.2 Å². The second-order valence-corrected chi connectivity index (χ2v) is 17.5. The fourth-order valence-electron chi connectivity index (χ4n) is 7.36. The van der Waals surface area contributed by atoms with Crippen molar-refractivity contribution in [1.82, 2.24) is 52.8 Å². The van der Waals surface area contributed by atoms with Crippen LogP contribution in [0.2, 0.25) is 0 Å². The van der Waals surface area contributed by atoms with Crippen molar-refractivity contribution in [2.24, 2.45) is 17.4 Å². The van der Waals surface area contributed by atoms with E-state index in [9.17, 15) is 72.9 Å². The first-order valence-electron chi connectivity index (χ1n) is 22.9. The quantitative estimate of drug-likeness (QED) is 0.0311.